The maximum atomic E-state index is 12.0. The van der Waals surface area contributed by atoms with Gasteiger partial charge in [0.2, 0.25) is 5.91 Å². The fraction of sp³-hybridized carbons (Fsp3) is 0.400. The first-order valence-electron chi connectivity index (χ1n) is 7.26. The molecule has 0 aliphatic carbocycles. The third-order valence-corrected chi connectivity index (χ3v) is 3.34. The van der Waals surface area contributed by atoms with Crippen LogP contribution in [-0.2, 0) is 20.9 Å². The van der Waals surface area contributed by atoms with Crippen molar-refractivity contribution >= 4 is 18.0 Å². The van der Waals surface area contributed by atoms with Crippen LogP contribution in [0.25, 0.3) is 0 Å². The molecule has 1 aliphatic heterocycles. The first-order valence-corrected chi connectivity index (χ1v) is 7.26. The highest BCUT2D eigenvalue weighted by Gasteiger charge is 2.23. The molecule has 0 spiro atoms. The summed E-state index contributed by atoms with van der Waals surface area (Å²) in [6, 6.07) is 9.40. The van der Waals surface area contributed by atoms with Gasteiger partial charge in [0, 0.05) is 26.2 Å². The van der Waals surface area contributed by atoms with E-state index in [4.69, 9.17) is 9.84 Å². The third-order valence-electron chi connectivity index (χ3n) is 3.34. The Bertz CT molecular complexity index is 555. The number of carboxylic acid groups (broad SMARTS) is 1. The van der Waals surface area contributed by atoms with Crippen molar-refractivity contribution in [1.29, 1.82) is 0 Å². The Morgan fingerprint density at radius 2 is 1.74 bits per heavy atom. The smallest absolute Gasteiger partial charge is 0.410 e. The number of benzene rings is 1. The number of piperazine rings is 1. The van der Waals surface area contributed by atoms with Gasteiger partial charge in [-0.05, 0) is 5.56 Å². The number of ether oxygens (including phenoxy) is 1. The Kier molecular flexibility index (Phi) is 5.93. The summed E-state index contributed by atoms with van der Waals surface area (Å²) in [5, 5.41) is 10.1. The lowest BCUT2D eigenvalue weighted by atomic mass is 10.2. The zero-order valence-electron chi connectivity index (χ0n) is 12.6. The van der Waals surface area contributed by atoms with Crippen LogP contribution in [0.1, 0.15) is 12.0 Å². The van der Waals surface area contributed by atoms with Gasteiger partial charge < -0.3 is 14.7 Å². The number of hydrogen-bond donors (Lipinski definition) is 2. The fourth-order valence-corrected chi connectivity index (χ4v) is 2.16. The minimum Gasteiger partial charge on any atom is -0.481 e. The lowest BCUT2D eigenvalue weighted by molar-refractivity contribution is -0.142. The van der Waals surface area contributed by atoms with Crippen molar-refractivity contribution in [1.82, 2.24) is 15.3 Å². The molecule has 2 rings (SSSR count). The predicted octanol–water partition coefficient (Wildman–Crippen LogP) is 0.447. The van der Waals surface area contributed by atoms with E-state index in [-0.39, 0.29) is 6.61 Å². The van der Waals surface area contributed by atoms with Crippen LogP contribution in [0.5, 0.6) is 0 Å². The van der Waals surface area contributed by atoms with Crippen molar-refractivity contribution in [2.24, 2.45) is 0 Å². The average Bonchev–Trinajstić information content (AvgIpc) is 2.53. The van der Waals surface area contributed by atoms with E-state index in [1.54, 1.807) is 9.91 Å². The van der Waals surface area contributed by atoms with Crippen molar-refractivity contribution in [3.63, 3.8) is 0 Å². The molecule has 2 N–H and O–H groups in total. The lowest BCUT2D eigenvalue weighted by Crippen LogP contribution is -2.55. The Morgan fingerprint density at radius 1 is 1.09 bits per heavy atom. The molecule has 1 aliphatic rings. The summed E-state index contributed by atoms with van der Waals surface area (Å²) in [6.07, 6.45) is -0.968. The van der Waals surface area contributed by atoms with Gasteiger partial charge >= 0.3 is 12.1 Å². The number of rotatable bonds is 5. The van der Waals surface area contributed by atoms with Crippen LogP contribution < -0.4 is 5.43 Å². The van der Waals surface area contributed by atoms with Gasteiger partial charge in [-0.2, -0.15) is 0 Å². The van der Waals surface area contributed by atoms with Crippen molar-refractivity contribution in [2.45, 2.75) is 13.0 Å². The van der Waals surface area contributed by atoms with E-state index in [2.05, 4.69) is 5.43 Å². The summed E-state index contributed by atoms with van der Waals surface area (Å²) < 4.78 is 5.24. The van der Waals surface area contributed by atoms with Crippen LogP contribution in [-0.4, -0.2) is 59.2 Å². The number of carbonyl (C=O) groups excluding carboxylic acids is 2. The Balaban J connectivity index is 1.70. The number of nitrogens with one attached hydrogen (secondary N) is 1. The summed E-state index contributed by atoms with van der Waals surface area (Å²) in [5.41, 5.74) is 3.42. The number of amides is 2. The van der Waals surface area contributed by atoms with Crippen LogP contribution in [0.15, 0.2) is 30.3 Å². The SMILES string of the molecule is O=C(O)CC(=O)NN1CCN(C(=O)OCc2ccccc2)CC1. The van der Waals surface area contributed by atoms with Gasteiger partial charge in [0.1, 0.15) is 13.0 Å². The largest absolute Gasteiger partial charge is 0.481 e. The highest BCUT2D eigenvalue weighted by atomic mass is 16.6. The van der Waals surface area contributed by atoms with Crippen molar-refractivity contribution in [3.8, 4) is 0 Å². The van der Waals surface area contributed by atoms with E-state index in [1.165, 1.54) is 0 Å². The molecule has 0 unspecified atom stereocenters. The van der Waals surface area contributed by atoms with Crippen LogP contribution in [0, 0.1) is 0 Å². The summed E-state index contributed by atoms with van der Waals surface area (Å²) in [4.78, 5) is 35.3. The molecule has 2 amide bonds. The van der Waals surface area contributed by atoms with Gasteiger partial charge in [0.15, 0.2) is 0 Å². The molecule has 1 aromatic rings. The number of aliphatic carboxylic acids is 1. The highest BCUT2D eigenvalue weighted by Crippen LogP contribution is 2.06. The summed E-state index contributed by atoms with van der Waals surface area (Å²) >= 11 is 0. The van der Waals surface area contributed by atoms with Gasteiger partial charge in [-0.1, -0.05) is 30.3 Å². The molecule has 1 heterocycles. The van der Waals surface area contributed by atoms with E-state index in [9.17, 15) is 14.4 Å². The summed E-state index contributed by atoms with van der Waals surface area (Å²) in [7, 11) is 0. The maximum absolute atomic E-state index is 12.0. The topological polar surface area (TPSA) is 99.2 Å². The molecule has 0 atom stereocenters. The number of hydrogen-bond acceptors (Lipinski definition) is 5. The normalized spacial score (nSPS) is 15.0. The molecule has 8 nitrogen and oxygen atoms in total. The van der Waals surface area contributed by atoms with E-state index >= 15 is 0 Å². The minimum atomic E-state index is -1.18. The molecule has 8 heteroatoms. The number of carboxylic acids is 1. The summed E-state index contributed by atoms with van der Waals surface area (Å²) in [6.45, 7) is 1.87. The molecule has 0 bridgehead atoms. The lowest BCUT2D eigenvalue weighted by Gasteiger charge is -2.33. The van der Waals surface area contributed by atoms with E-state index < -0.39 is 24.4 Å². The average molecular weight is 321 g/mol. The standard InChI is InChI=1S/C15H19N3O5/c19-13(10-14(20)21)16-18-8-6-17(7-9-18)15(22)23-11-12-4-2-1-3-5-12/h1-5H,6-11H2,(H,16,19)(H,20,21). The number of nitrogens with zero attached hydrogens (tertiary/aromatic N) is 2. The molecule has 0 aromatic heterocycles. The van der Waals surface area contributed by atoms with Crippen molar-refractivity contribution in [2.75, 3.05) is 26.2 Å². The molecular weight excluding hydrogens is 302 g/mol. The first kappa shape index (κ1) is 16.8. The molecule has 1 saturated heterocycles. The fourth-order valence-electron chi connectivity index (χ4n) is 2.16. The zero-order valence-corrected chi connectivity index (χ0v) is 12.6. The van der Waals surface area contributed by atoms with Crippen molar-refractivity contribution < 1.29 is 24.2 Å². The van der Waals surface area contributed by atoms with Gasteiger partial charge in [0.05, 0.1) is 0 Å². The Labute approximate surface area is 133 Å². The van der Waals surface area contributed by atoms with Crippen molar-refractivity contribution in [3.05, 3.63) is 35.9 Å². The molecular formula is C15H19N3O5. The molecule has 1 aromatic carbocycles. The monoisotopic (exact) mass is 321 g/mol. The molecule has 0 radical (unpaired) electrons. The molecule has 124 valence electrons. The maximum Gasteiger partial charge on any atom is 0.410 e. The minimum absolute atomic E-state index is 0.217. The molecule has 23 heavy (non-hydrogen) atoms. The van der Waals surface area contributed by atoms with Gasteiger partial charge in [0.25, 0.3) is 0 Å². The second kappa shape index (κ2) is 8.14. The Morgan fingerprint density at radius 3 is 2.35 bits per heavy atom. The zero-order chi connectivity index (χ0) is 16.7. The highest BCUT2D eigenvalue weighted by molar-refractivity contribution is 5.93. The second-order valence-corrected chi connectivity index (χ2v) is 5.12. The van der Waals surface area contributed by atoms with Crippen LogP contribution in [0.4, 0.5) is 4.79 Å². The van der Waals surface area contributed by atoms with Crippen LogP contribution in [0.3, 0.4) is 0 Å². The summed E-state index contributed by atoms with van der Waals surface area (Å²) in [5.74, 6) is -1.75. The Hall–Kier alpha value is -2.61. The van der Waals surface area contributed by atoms with E-state index in [1.807, 2.05) is 30.3 Å². The van der Waals surface area contributed by atoms with E-state index in [0.717, 1.165) is 5.56 Å². The van der Waals surface area contributed by atoms with Crippen LogP contribution in [0.2, 0.25) is 0 Å². The molecule has 0 saturated carbocycles. The molecule has 1 fully saturated rings. The second-order valence-electron chi connectivity index (χ2n) is 5.12. The van der Waals surface area contributed by atoms with Gasteiger partial charge in [-0.15, -0.1) is 0 Å². The van der Waals surface area contributed by atoms with Gasteiger partial charge in [-0.3, -0.25) is 15.0 Å². The number of carbonyl (C=O) groups is 3. The van der Waals surface area contributed by atoms with Gasteiger partial charge in [-0.25, -0.2) is 9.80 Å². The number of hydrazine groups is 1. The predicted molar refractivity (Wildman–Crippen MR) is 80.2 cm³/mol. The van der Waals surface area contributed by atoms with Crippen LogP contribution >= 0.6 is 0 Å². The van der Waals surface area contributed by atoms with E-state index in [0.29, 0.717) is 26.2 Å². The third kappa shape index (κ3) is 5.59. The first-order chi connectivity index (χ1) is 11.0. The quantitative estimate of drug-likeness (QED) is 0.764.